The van der Waals surface area contributed by atoms with E-state index in [0.29, 0.717) is 12.2 Å². The summed E-state index contributed by atoms with van der Waals surface area (Å²) in [4.78, 5) is 0. The highest BCUT2D eigenvalue weighted by molar-refractivity contribution is 7.88. The molecule has 0 N–H and O–H groups in total. The fourth-order valence-electron chi connectivity index (χ4n) is 1.17. The number of rotatable bonds is 0. The Kier molecular flexibility index (Phi) is 1.06. The van der Waals surface area contributed by atoms with Gasteiger partial charge in [-0.2, -0.15) is 8.42 Å². The Morgan fingerprint density at radius 3 is 2.64 bits per heavy atom. The highest BCUT2D eigenvalue weighted by Crippen LogP contribution is 2.37. The molecule has 0 spiro atoms. The lowest BCUT2D eigenvalue weighted by molar-refractivity contribution is 0.371. The SMILES string of the molecule is CC12C=CC(=CC1)OS2(=O)=O. The van der Waals surface area contributed by atoms with Gasteiger partial charge in [-0.25, -0.2) is 0 Å². The predicted octanol–water partition coefficient (Wildman–Crippen LogP) is 0.949. The van der Waals surface area contributed by atoms with Gasteiger partial charge in [0, 0.05) is 0 Å². The Hall–Kier alpha value is -0.770. The Morgan fingerprint density at radius 2 is 2.36 bits per heavy atom. The van der Waals surface area contributed by atoms with Gasteiger partial charge in [-0.3, -0.25) is 0 Å². The van der Waals surface area contributed by atoms with Gasteiger partial charge in [0.25, 0.3) is 0 Å². The van der Waals surface area contributed by atoms with Crippen LogP contribution in [0.5, 0.6) is 0 Å². The average Bonchev–Trinajstić information content (AvgIpc) is 1.91. The van der Waals surface area contributed by atoms with E-state index in [9.17, 15) is 8.42 Å². The Morgan fingerprint density at radius 1 is 1.64 bits per heavy atom. The third-order valence-electron chi connectivity index (χ3n) is 2.09. The van der Waals surface area contributed by atoms with E-state index in [1.165, 1.54) is 0 Å². The Balaban J connectivity index is 2.66. The van der Waals surface area contributed by atoms with Gasteiger partial charge in [0.15, 0.2) is 0 Å². The quantitative estimate of drug-likeness (QED) is 0.511. The van der Waals surface area contributed by atoms with Crippen LogP contribution in [0.15, 0.2) is 24.0 Å². The third-order valence-corrected chi connectivity index (χ3v) is 3.94. The van der Waals surface area contributed by atoms with Crippen molar-refractivity contribution in [3.8, 4) is 0 Å². The second-order valence-corrected chi connectivity index (χ2v) is 5.00. The molecule has 2 aliphatic heterocycles. The molecule has 3 nitrogen and oxygen atoms in total. The summed E-state index contributed by atoms with van der Waals surface area (Å²) in [6.07, 6.45) is 5.70. The summed E-state index contributed by atoms with van der Waals surface area (Å²) in [6, 6.07) is 0. The molecule has 3 aliphatic rings. The molecule has 4 heteroatoms. The van der Waals surface area contributed by atoms with Gasteiger partial charge in [0.05, 0.1) is 0 Å². The van der Waals surface area contributed by atoms with E-state index in [0.717, 1.165) is 0 Å². The van der Waals surface area contributed by atoms with Gasteiger partial charge in [-0.05, 0) is 25.5 Å². The van der Waals surface area contributed by atoms with E-state index in [-0.39, 0.29) is 0 Å². The summed E-state index contributed by atoms with van der Waals surface area (Å²) in [7, 11) is -3.38. The van der Waals surface area contributed by atoms with Gasteiger partial charge in [0.2, 0.25) is 0 Å². The molecule has 1 aliphatic carbocycles. The summed E-state index contributed by atoms with van der Waals surface area (Å²) in [5.74, 6) is 0.453. The van der Waals surface area contributed by atoms with Crippen molar-refractivity contribution in [3.63, 3.8) is 0 Å². The molecule has 1 atom stereocenters. The smallest absolute Gasteiger partial charge is 0.318 e. The van der Waals surface area contributed by atoms with Crippen LogP contribution in [0, 0.1) is 0 Å². The molecule has 0 radical (unpaired) electrons. The molecule has 3 rings (SSSR count). The Labute approximate surface area is 65.5 Å². The first-order valence-corrected chi connectivity index (χ1v) is 4.78. The van der Waals surface area contributed by atoms with Crippen LogP contribution in [0.1, 0.15) is 13.3 Å². The summed E-state index contributed by atoms with van der Waals surface area (Å²) >= 11 is 0. The number of fused-ring (bicyclic) bond motifs is 2. The van der Waals surface area contributed by atoms with Crippen LogP contribution in [0.25, 0.3) is 0 Å². The van der Waals surface area contributed by atoms with E-state index in [2.05, 4.69) is 0 Å². The van der Waals surface area contributed by atoms with Crippen LogP contribution >= 0.6 is 0 Å². The molecular weight excluding hydrogens is 164 g/mol. The summed E-state index contributed by atoms with van der Waals surface area (Å²) in [5, 5.41) is 0. The standard InChI is InChI=1S/C7H8O3S/c1-7-4-2-6(3-5-7)10-11(7,8)9/h2-4H,5H2,1H3. The lowest BCUT2D eigenvalue weighted by atomic mass is 10.0. The molecule has 0 aromatic rings. The van der Waals surface area contributed by atoms with Crippen molar-refractivity contribution in [3.05, 3.63) is 24.0 Å². The topological polar surface area (TPSA) is 43.4 Å². The van der Waals surface area contributed by atoms with E-state index < -0.39 is 14.9 Å². The molecule has 0 fully saturated rings. The maximum atomic E-state index is 11.3. The van der Waals surface area contributed by atoms with Crippen LogP contribution in [0.4, 0.5) is 0 Å². The maximum absolute atomic E-state index is 11.3. The van der Waals surface area contributed by atoms with Crippen molar-refractivity contribution in [1.82, 2.24) is 0 Å². The minimum atomic E-state index is -3.38. The van der Waals surface area contributed by atoms with Gasteiger partial charge >= 0.3 is 10.1 Å². The van der Waals surface area contributed by atoms with E-state index in [1.807, 2.05) is 0 Å². The first-order chi connectivity index (χ1) is 5.04. The molecule has 0 saturated heterocycles. The molecule has 0 aromatic heterocycles. The van der Waals surface area contributed by atoms with E-state index in [1.54, 1.807) is 25.2 Å². The molecule has 11 heavy (non-hydrogen) atoms. The highest BCUT2D eigenvalue weighted by Gasteiger charge is 2.44. The summed E-state index contributed by atoms with van der Waals surface area (Å²) < 4.78 is 26.4. The van der Waals surface area contributed by atoms with Crippen LogP contribution in [-0.2, 0) is 14.3 Å². The third kappa shape index (κ3) is 0.758. The molecule has 0 saturated carbocycles. The van der Waals surface area contributed by atoms with Gasteiger partial charge in [0.1, 0.15) is 10.5 Å². The zero-order valence-corrected chi connectivity index (χ0v) is 6.89. The zero-order chi connectivity index (χ0) is 8.11. The fourth-order valence-corrected chi connectivity index (χ4v) is 2.26. The van der Waals surface area contributed by atoms with Crippen molar-refractivity contribution < 1.29 is 12.6 Å². The largest absolute Gasteiger partial charge is 0.382 e. The van der Waals surface area contributed by atoms with Gasteiger partial charge in [-0.15, -0.1) is 0 Å². The Bertz CT molecular complexity index is 350. The average molecular weight is 172 g/mol. The summed E-state index contributed by atoms with van der Waals surface area (Å²) in [5.41, 5.74) is 0. The molecule has 60 valence electrons. The van der Waals surface area contributed by atoms with Crippen LogP contribution in [0.3, 0.4) is 0 Å². The highest BCUT2D eigenvalue weighted by atomic mass is 32.2. The van der Waals surface area contributed by atoms with Gasteiger partial charge in [-0.1, -0.05) is 6.08 Å². The monoisotopic (exact) mass is 172 g/mol. The van der Waals surface area contributed by atoms with Gasteiger partial charge < -0.3 is 4.18 Å². The van der Waals surface area contributed by atoms with Crippen LogP contribution < -0.4 is 0 Å². The lowest BCUT2D eigenvalue weighted by Gasteiger charge is -2.32. The molecule has 2 bridgehead atoms. The number of allylic oxidation sites excluding steroid dienone is 2. The van der Waals surface area contributed by atoms with Crippen molar-refractivity contribution in [1.29, 1.82) is 0 Å². The second kappa shape index (κ2) is 1.69. The molecule has 1 unspecified atom stereocenters. The number of hydrogen-bond donors (Lipinski definition) is 0. The zero-order valence-electron chi connectivity index (χ0n) is 6.07. The first-order valence-electron chi connectivity index (χ1n) is 3.37. The van der Waals surface area contributed by atoms with E-state index in [4.69, 9.17) is 4.18 Å². The molecule has 2 heterocycles. The summed E-state index contributed by atoms with van der Waals surface area (Å²) in [6.45, 7) is 1.66. The van der Waals surface area contributed by atoms with Crippen molar-refractivity contribution in [2.24, 2.45) is 0 Å². The van der Waals surface area contributed by atoms with Crippen molar-refractivity contribution in [2.75, 3.05) is 0 Å². The number of hydrogen-bond acceptors (Lipinski definition) is 3. The van der Waals surface area contributed by atoms with Crippen molar-refractivity contribution in [2.45, 2.75) is 18.1 Å². The predicted molar refractivity (Wildman–Crippen MR) is 40.2 cm³/mol. The minimum absolute atomic E-state index is 0.453. The fraction of sp³-hybridized carbons (Fsp3) is 0.429. The van der Waals surface area contributed by atoms with Crippen LogP contribution in [-0.4, -0.2) is 13.2 Å². The van der Waals surface area contributed by atoms with E-state index >= 15 is 0 Å². The van der Waals surface area contributed by atoms with Crippen molar-refractivity contribution >= 4 is 10.1 Å². The van der Waals surface area contributed by atoms with Crippen LogP contribution in [0.2, 0.25) is 0 Å². The second-order valence-electron chi connectivity index (χ2n) is 2.99. The lowest BCUT2D eigenvalue weighted by Crippen LogP contribution is -2.39. The molecule has 0 aromatic carbocycles. The normalized spacial score (nSPS) is 38.1. The molecular formula is C7H8O3S. The maximum Gasteiger partial charge on any atom is 0.318 e. The first kappa shape index (κ1) is 6.91. The molecule has 0 amide bonds. The minimum Gasteiger partial charge on any atom is -0.382 e.